The summed E-state index contributed by atoms with van der Waals surface area (Å²) in [4.78, 5) is 6.95. The minimum Gasteiger partial charge on any atom is -0.508 e. The zero-order valence-corrected chi connectivity index (χ0v) is 16.2. The number of phenols is 1. The molecule has 2 aliphatic heterocycles. The van der Waals surface area contributed by atoms with E-state index >= 15 is 0 Å². The van der Waals surface area contributed by atoms with Gasteiger partial charge in [0, 0.05) is 22.9 Å². The van der Waals surface area contributed by atoms with Crippen molar-refractivity contribution in [3.63, 3.8) is 0 Å². The van der Waals surface area contributed by atoms with E-state index in [1.807, 2.05) is 18.2 Å². The van der Waals surface area contributed by atoms with Gasteiger partial charge in [-0.05, 0) is 50.2 Å². The number of ether oxygens (including phenoxy) is 1. The molecular weight excluding hydrogens is 370 g/mol. The molecule has 2 heterocycles. The first-order valence-electron chi connectivity index (χ1n) is 10.0. The quantitative estimate of drug-likeness (QED) is 0.391. The second-order valence-electron chi connectivity index (χ2n) is 8.34. The Morgan fingerprint density at radius 1 is 1.14 bits per heavy atom. The largest absolute Gasteiger partial charge is 0.508 e. The lowest BCUT2D eigenvalue weighted by atomic mass is 9.53. The van der Waals surface area contributed by atoms with E-state index in [-0.39, 0.29) is 11.5 Å². The van der Waals surface area contributed by atoms with Crippen LogP contribution in [-0.2, 0) is 11.8 Å². The first-order valence-corrected chi connectivity index (χ1v) is 10.0. The van der Waals surface area contributed by atoms with E-state index < -0.39 is 6.10 Å². The number of phenolic OH excluding ortho intramolecular Hbond substituents is 1. The molecule has 5 atom stereocenters. The molecule has 6 nitrogen and oxygen atoms in total. The van der Waals surface area contributed by atoms with Gasteiger partial charge < -0.3 is 24.7 Å². The summed E-state index contributed by atoms with van der Waals surface area (Å²) < 4.78 is 6.14. The summed E-state index contributed by atoms with van der Waals surface area (Å²) in [6.07, 6.45) is 5.05. The molecule has 152 valence electrons. The SMILES string of the molecule is CN1CC[C@]23c4c5ccc(OO)c4O[C@H]2[C@@H](O)C=C[C@H]3[C@H]1C5.Oc1ccccc1. The highest BCUT2D eigenvalue weighted by molar-refractivity contribution is 5.62. The molecule has 2 aromatic carbocycles. The zero-order chi connectivity index (χ0) is 20.2. The number of aliphatic hydroxyl groups is 1. The third-order valence-electron chi connectivity index (χ3n) is 6.99. The van der Waals surface area contributed by atoms with Gasteiger partial charge in [0.2, 0.25) is 5.75 Å². The highest BCUT2D eigenvalue weighted by Crippen LogP contribution is 2.62. The normalized spacial score (nSPS) is 33.2. The Bertz CT molecular complexity index is 946. The summed E-state index contributed by atoms with van der Waals surface area (Å²) in [7, 11) is 2.18. The smallest absolute Gasteiger partial charge is 0.207 e. The van der Waals surface area contributed by atoms with Gasteiger partial charge in [0.1, 0.15) is 18.0 Å². The second kappa shape index (κ2) is 6.76. The maximum Gasteiger partial charge on any atom is 0.207 e. The standard InChI is InChI=1S/C17H19NO4.C6H6O/c1-18-7-6-17-10-3-4-12(19)16(17)21-15-13(22-20)5-2-9(14(15)17)8-11(10)18;7-6-4-2-1-3-5-6/h2-5,10-12,16,19-20H,6-8H2,1H3;1-5,7H/t10-,11+,12-,16-,17-;/m0./s1. The third-order valence-corrected chi connectivity index (χ3v) is 6.99. The Hall–Kier alpha value is -2.54. The van der Waals surface area contributed by atoms with Gasteiger partial charge in [-0.15, -0.1) is 0 Å². The van der Waals surface area contributed by atoms with E-state index in [9.17, 15) is 10.4 Å². The van der Waals surface area contributed by atoms with Gasteiger partial charge >= 0.3 is 0 Å². The molecule has 3 N–H and O–H groups in total. The lowest BCUT2D eigenvalue weighted by Gasteiger charge is -2.56. The van der Waals surface area contributed by atoms with Crippen LogP contribution in [0.25, 0.3) is 0 Å². The highest BCUT2D eigenvalue weighted by Gasteiger charge is 2.64. The summed E-state index contributed by atoms with van der Waals surface area (Å²) in [5.74, 6) is 1.64. The lowest BCUT2D eigenvalue weighted by Crippen LogP contribution is -2.64. The van der Waals surface area contributed by atoms with Crippen LogP contribution in [0.1, 0.15) is 17.5 Å². The van der Waals surface area contributed by atoms with Crippen molar-refractivity contribution in [2.75, 3.05) is 13.6 Å². The van der Waals surface area contributed by atoms with E-state index in [0.29, 0.717) is 29.2 Å². The molecule has 2 aliphatic carbocycles. The predicted molar refractivity (Wildman–Crippen MR) is 107 cm³/mol. The van der Waals surface area contributed by atoms with E-state index in [2.05, 4.69) is 22.9 Å². The van der Waals surface area contributed by atoms with Crippen LogP contribution < -0.4 is 9.62 Å². The Kier molecular flexibility index (Phi) is 4.31. The molecule has 2 bridgehead atoms. The van der Waals surface area contributed by atoms with Gasteiger partial charge in [-0.3, -0.25) is 0 Å². The molecule has 1 saturated heterocycles. The highest BCUT2D eigenvalue weighted by atomic mass is 17.1. The number of para-hydroxylation sites is 1. The van der Waals surface area contributed by atoms with Crippen LogP contribution in [0.15, 0.2) is 54.6 Å². The van der Waals surface area contributed by atoms with Gasteiger partial charge in [0.15, 0.2) is 5.75 Å². The fraction of sp³-hybridized carbons (Fsp3) is 0.391. The fourth-order valence-electron chi connectivity index (χ4n) is 5.73. The minimum absolute atomic E-state index is 0.192. The third kappa shape index (κ3) is 2.60. The molecule has 29 heavy (non-hydrogen) atoms. The molecule has 6 rings (SSSR count). The maximum atomic E-state index is 10.5. The van der Waals surface area contributed by atoms with E-state index in [1.165, 1.54) is 5.56 Å². The van der Waals surface area contributed by atoms with Crippen LogP contribution in [0.3, 0.4) is 0 Å². The first kappa shape index (κ1) is 18.5. The predicted octanol–water partition coefficient (Wildman–Crippen LogP) is 2.74. The maximum absolute atomic E-state index is 10.5. The first-order chi connectivity index (χ1) is 14.1. The molecule has 0 saturated carbocycles. The summed E-state index contributed by atoms with van der Waals surface area (Å²) in [5, 5.41) is 28.3. The Balaban J connectivity index is 0.000000222. The fourth-order valence-corrected chi connectivity index (χ4v) is 5.73. The number of aliphatic hydroxyl groups excluding tert-OH is 1. The van der Waals surface area contributed by atoms with Gasteiger partial charge in [-0.1, -0.05) is 36.4 Å². The molecule has 0 radical (unpaired) electrons. The van der Waals surface area contributed by atoms with Crippen LogP contribution in [0.5, 0.6) is 17.2 Å². The number of likely N-dealkylation sites (tertiary alicyclic amines) is 1. The Morgan fingerprint density at radius 2 is 1.93 bits per heavy atom. The number of benzene rings is 2. The topological polar surface area (TPSA) is 82.4 Å². The van der Waals surface area contributed by atoms with Crippen molar-refractivity contribution in [1.82, 2.24) is 4.90 Å². The zero-order valence-electron chi connectivity index (χ0n) is 16.2. The number of aromatic hydroxyl groups is 1. The van der Waals surface area contributed by atoms with Gasteiger partial charge in [-0.2, -0.15) is 0 Å². The van der Waals surface area contributed by atoms with Crippen LogP contribution in [0, 0.1) is 5.92 Å². The van der Waals surface area contributed by atoms with Gasteiger partial charge in [-0.25, -0.2) is 5.26 Å². The molecule has 0 amide bonds. The number of hydrogen-bond acceptors (Lipinski definition) is 6. The van der Waals surface area contributed by atoms with Crippen LogP contribution in [0.4, 0.5) is 0 Å². The van der Waals surface area contributed by atoms with Crippen molar-refractivity contribution in [3.8, 4) is 17.2 Å². The van der Waals surface area contributed by atoms with E-state index in [1.54, 1.807) is 30.3 Å². The Morgan fingerprint density at radius 3 is 2.62 bits per heavy atom. The Labute approximate surface area is 169 Å². The molecule has 4 aliphatic rings. The monoisotopic (exact) mass is 395 g/mol. The molecule has 1 fully saturated rings. The van der Waals surface area contributed by atoms with Gasteiger partial charge in [0.05, 0.1) is 0 Å². The van der Waals surface area contributed by atoms with Crippen molar-refractivity contribution in [2.24, 2.45) is 5.92 Å². The summed E-state index contributed by atoms with van der Waals surface area (Å²) in [6, 6.07) is 12.9. The summed E-state index contributed by atoms with van der Waals surface area (Å²) in [5.41, 5.74) is 2.22. The summed E-state index contributed by atoms with van der Waals surface area (Å²) >= 11 is 0. The lowest BCUT2D eigenvalue weighted by molar-refractivity contribution is -0.139. The molecule has 1 spiro atoms. The second-order valence-corrected chi connectivity index (χ2v) is 8.34. The number of nitrogens with zero attached hydrogens (tertiary/aromatic N) is 1. The summed E-state index contributed by atoms with van der Waals surface area (Å²) in [6.45, 7) is 0.991. The number of hydrogen-bond donors (Lipinski definition) is 3. The molecule has 2 aromatic rings. The number of rotatable bonds is 1. The number of piperidine rings is 1. The van der Waals surface area contributed by atoms with Crippen molar-refractivity contribution in [2.45, 2.75) is 36.5 Å². The molecule has 0 aromatic heterocycles. The van der Waals surface area contributed by atoms with Crippen molar-refractivity contribution >= 4 is 0 Å². The van der Waals surface area contributed by atoms with Crippen LogP contribution >= 0.6 is 0 Å². The van der Waals surface area contributed by atoms with E-state index in [0.717, 1.165) is 24.9 Å². The van der Waals surface area contributed by atoms with Crippen molar-refractivity contribution < 1.29 is 25.1 Å². The number of likely N-dealkylation sites (N-methyl/N-ethyl adjacent to an activating group) is 1. The average Bonchev–Trinajstić information content (AvgIpc) is 3.09. The van der Waals surface area contributed by atoms with Crippen molar-refractivity contribution in [3.05, 3.63) is 65.7 Å². The molecular formula is C23H25NO5. The molecule has 6 heteroatoms. The molecule has 0 unspecified atom stereocenters. The van der Waals surface area contributed by atoms with Gasteiger partial charge in [0.25, 0.3) is 0 Å². The average molecular weight is 395 g/mol. The minimum atomic E-state index is -0.620. The van der Waals surface area contributed by atoms with E-state index in [4.69, 9.17) is 9.84 Å². The van der Waals surface area contributed by atoms with Crippen molar-refractivity contribution in [1.29, 1.82) is 0 Å². The van der Waals surface area contributed by atoms with Crippen LogP contribution in [-0.4, -0.2) is 52.2 Å². The van der Waals surface area contributed by atoms with Crippen LogP contribution in [0.2, 0.25) is 0 Å².